The maximum atomic E-state index is 12.0. The van der Waals surface area contributed by atoms with Crippen LogP contribution in [0.1, 0.15) is 52.9 Å². The number of unbranched alkanes of at least 4 members (excludes halogenated alkanes) is 1. The van der Waals surface area contributed by atoms with Crippen molar-refractivity contribution in [1.82, 2.24) is 5.32 Å². The minimum Gasteiger partial charge on any atom is -0.379 e. The summed E-state index contributed by atoms with van der Waals surface area (Å²) >= 11 is 0. The Bertz CT molecular complexity index is 259. The van der Waals surface area contributed by atoms with Gasteiger partial charge in [0.2, 0.25) is 5.91 Å². The monoisotopic (exact) mass is 270 g/mol. The first-order chi connectivity index (χ1) is 8.99. The standard InChI is InChI=1S/C15H30N2O2/c1-11(2)19-7-5-4-6-17-15(18)13-8-12(3)9-14(16)10-13/h11-14H,4-10,16H2,1-3H3,(H,17,18). The lowest BCUT2D eigenvalue weighted by Crippen LogP contribution is -2.40. The summed E-state index contributed by atoms with van der Waals surface area (Å²) in [5, 5.41) is 3.03. The molecule has 0 aromatic heterocycles. The Labute approximate surface area is 117 Å². The lowest BCUT2D eigenvalue weighted by Gasteiger charge is -2.30. The van der Waals surface area contributed by atoms with Crippen molar-refractivity contribution >= 4 is 5.91 Å². The van der Waals surface area contributed by atoms with Crippen LogP contribution >= 0.6 is 0 Å². The van der Waals surface area contributed by atoms with Crippen LogP contribution < -0.4 is 11.1 Å². The van der Waals surface area contributed by atoms with Crippen molar-refractivity contribution in [2.45, 2.75) is 65.0 Å². The van der Waals surface area contributed by atoms with E-state index in [2.05, 4.69) is 12.2 Å². The van der Waals surface area contributed by atoms with Crippen LogP contribution in [0.25, 0.3) is 0 Å². The molecule has 0 spiro atoms. The Kier molecular flexibility index (Phi) is 7.39. The first kappa shape index (κ1) is 16.4. The fraction of sp³-hybridized carbons (Fsp3) is 0.933. The van der Waals surface area contributed by atoms with Gasteiger partial charge in [-0.15, -0.1) is 0 Å². The molecule has 4 heteroatoms. The van der Waals surface area contributed by atoms with Crippen molar-refractivity contribution in [1.29, 1.82) is 0 Å². The molecule has 0 aromatic rings. The molecule has 0 aliphatic heterocycles. The van der Waals surface area contributed by atoms with E-state index in [9.17, 15) is 4.79 Å². The van der Waals surface area contributed by atoms with Gasteiger partial charge in [0.25, 0.3) is 0 Å². The minimum atomic E-state index is 0.116. The molecule has 3 N–H and O–H groups in total. The molecule has 1 saturated carbocycles. The van der Waals surface area contributed by atoms with Crippen molar-refractivity contribution in [2.24, 2.45) is 17.6 Å². The van der Waals surface area contributed by atoms with Crippen LogP contribution in [0.15, 0.2) is 0 Å². The third kappa shape index (κ3) is 6.92. The van der Waals surface area contributed by atoms with Crippen LogP contribution in [-0.4, -0.2) is 31.2 Å². The number of hydrogen-bond donors (Lipinski definition) is 2. The number of amides is 1. The lowest BCUT2D eigenvalue weighted by atomic mass is 9.79. The highest BCUT2D eigenvalue weighted by Crippen LogP contribution is 2.27. The van der Waals surface area contributed by atoms with Crippen LogP contribution in [0.5, 0.6) is 0 Å². The number of hydrogen-bond acceptors (Lipinski definition) is 3. The Morgan fingerprint density at radius 1 is 1.32 bits per heavy atom. The van der Waals surface area contributed by atoms with E-state index < -0.39 is 0 Å². The van der Waals surface area contributed by atoms with Crippen molar-refractivity contribution in [3.05, 3.63) is 0 Å². The maximum Gasteiger partial charge on any atom is 0.223 e. The van der Waals surface area contributed by atoms with Crippen LogP contribution in [0, 0.1) is 11.8 Å². The molecular formula is C15H30N2O2. The Morgan fingerprint density at radius 3 is 2.68 bits per heavy atom. The third-order valence-electron chi connectivity index (χ3n) is 3.67. The molecule has 1 amide bonds. The summed E-state index contributed by atoms with van der Waals surface area (Å²) in [5.41, 5.74) is 5.98. The summed E-state index contributed by atoms with van der Waals surface area (Å²) < 4.78 is 5.46. The van der Waals surface area contributed by atoms with Gasteiger partial charge in [-0.25, -0.2) is 0 Å². The molecule has 1 aliphatic rings. The summed E-state index contributed by atoms with van der Waals surface area (Å²) in [6.45, 7) is 7.78. The first-order valence-electron chi connectivity index (χ1n) is 7.64. The largest absolute Gasteiger partial charge is 0.379 e. The number of carbonyl (C=O) groups is 1. The van der Waals surface area contributed by atoms with E-state index in [1.165, 1.54) is 0 Å². The zero-order valence-electron chi connectivity index (χ0n) is 12.7. The third-order valence-corrected chi connectivity index (χ3v) is 3.67. The summed E-state index contributed by atoms with van der Waals surface area (Å²) in [6.07, 6.45) is 5.14. The quantitative estimate of drug-likeness (QED) is 0.696. The summed E-state index contributed by atoms with van der Waals surface area (Å²) in [7, 11) is 0. The van der Waals surface area contributed by atoms with E-state index >= 15 is 0 Å². The molecule has 4 nitrogen and oxygen atoms in total. The molecule has 1 aliphatic carbocycles. The summed E-state index contributed by atoms with van der Waals surface area (Å²) in [5.74, 6) is 0.872. The second kappa shape index (κ2) is 8.54. The fourth-order valence-corrected chi connectivity index (χ4v) is 2.77. The smallest absolute Gasteiger partial charge is 0.223 e. The number of carbonyl (C=O) groups excluding carboxylic acids is 1. The van der Waals surface area contributed by atoms with E-state index in [1.807, 2.05) is 13.8 Å². The molecular weight excluding hydrogens is 240 g/mol. The molecule has 0 aromatic carbocycles. The second-order valence-corrected chi connectivity index (χ2v) is 6.19. The number of ether oxygens (including phenoxy) is 1. The highest BCUT2D eigenvalue weighted by Gasteiger charge is 2.28. The van der Waals surface area contributed by atoms with E-state index in [4.69, 9.17) is 10.5 Å². The lowest BCUT2D eigenvalue weighted by molar-refractivity contribution is -0.126. The van der Waals surface area contributed by atoms with Gasteiger partial charge in [0.05, 0.1) is 6.10 Å². The molecule has 19 heavy (non-hydrogen) atoms. The van der Waals surface area contributed by atoms with Crippen molar-refractivity contribution in [3.63, 3.8) is 0 Å². The van der Waals surface area contributed by atoms with Crippen molar-refractivity contribution < 1.29 is 9.53 Å². The minimum absolute atomic E-state index is 0.116. The Balaban J connectivity index is 2.10. The molecule has 1 rings (SSSR count). The molecule has 1 fully saturated rings. The van der Waals surface area contributed by atoms with Gasteiger partial charge >= 0.3 is 0 Å². The molecule has 0 heterocycles. The summed E-state index contributed by atoms with van der Waals surface area (Å²) in [6, 6.07) is 0.193. The average Bonchev–Trinajstić information content (AvgIpc) is 2.31. The molecule has 112 valence electrons. The van der Waals surface area contributed by atoms with Gasteiger partial charge in [-0.2, -0.15) is 0 Å². The van der Waals surface area contributed by atoms with Crippen molar-refractivity contribution in [3.8, 4) is 0 Å². The molecule has 0 saturated heterocycles. The van der Waals surface area contributed by atoms with E-state index in [-0.39, 0.29) is 17.9 Å². The van der Waals surface area contributed by atoms with Gasteiger partial charge in [0.1, 0.15) is 0 Å². The van der Waals surface area contributed by atoms with Crippen molar-refractivity contribution in [2.75, 3.05) is 13.2 Å². The Morgan fingerprint density at radius 2 is 2.05 bits per heavy atom. The van der Waals surface area contributed by atoms with Crippen LogP contribution in [0.2, 0.25) is 0 Å². The number of rotatable bonds is 7. The summed E-state index contributed by atoms with van der Waals surface area (Å²) in [4.78, 5) is 12.0. The molecule has 3 unspecified atom stereocenters. The topological polar surface area (TPSA) is 64.4 Å². The van der Waals surface area contributed by atoms with Gasteiger partial charge in [-0.05, 0) is 51.9 Å². The van der Waals surface area contributed by atoms with Gasteiger partial charge in [-0.3, -0.25) is 4.79 Å². The van der Waals surface area contributed by atoms with Crippen LogP contribution in [0.3, 0.4) is 0 Å². The molecule has 3 atom stereocenters. The number of nitrogens with one attached hydrogen (secondary N) is 1. The van der Waals surface area contributed by atoms with E-state index in [0.29, 0.717) is 12.0 Å². The van der Waals surface area contributed by atoms with Gasteiger partial charge in [0, 0.05) is 25.1 Å². The SMILES string of the molecule is CC1CC(N)CC(C(=O)NCCCCOC(C)C)C1. The average molecular weight is 270 g/mol. The Hall–Kier alpha value is -0.610. The zero-order valence-corrected chi connectivity index (χ0v) is 12.7. The van der Waals surface area contributed by atoms with E-state index in [0.717, 1.165) is 45.3 Å². The first-order valence-corrected chi connectivity index (χ1v) is 7.64. The maximum absolute atomic E-state index is 12.0. The zero-order chi connectivity index (χ0) is 14.3. The number of nitrogens with two attached hydrogens (primary N) is 1. The van der Waals surface area contributed by atoms with Crippen LogP contribution in [-0.2, 0) is 9.53 Å². The highest BCUT2D eigenvalue weighted by molar-refractivity contribution is 5.78. The predicted octanol–water partition coefficient (Wildman–Crippen LogP) is 2.07. The van der Waals surface area contributed by atoms with Gasteiger partial charge < -0.3 is 15.8 Å². The van der Waals surface area contributed by atoms with Crippen LogP contribution in [0.4, 0.5) is 0 Å². The van der Waals surface area contributed by atoms with E-state index in [1.54, 1.807) is 0 Å². The van der Waals surface area contributed by atoms with Gasteiger partial charge in [0.15, 0.2) is 0 Å². The molecule has 0 radical (unpaired) electrons. The van der Waals surface area contributed by atoms with Gasteiger partial charge in [-0.1, -0.05) is 6.92 Å². The molecule has 0 bridgehead atoms. The highest BCUT2D eigenvalue weighted by atomic mass is 16.5. The second-order valence-electron chi connectivity index (χ2n) is 6.19. The normalized spacial score (nSPS) is 27.5. The fourth-order valence-electron chi connectivity index (χ4n) is 2.77. The predicted molar refractivity (Wildman–Crippen MR) is 77.8 cm³/mol.